The maximum atomic E-state index is 10.1. The standard InChI is InChI=1S/C19H27N3OS/c1-14(15-8-4-2-5-9-15)21-19-22-18(23)17(24-19)12-13-20-16-10-6-3-7-11-16/h3,6-7,10-11,14-15,20,23H,2,4-5,8-9,12-13H2,1H3,(H,21,22)/t14-/m0/s1. The van der Waals surface area contributed by atoms with E-state index in [9.17, 15) is 5.11 Å². The number of hydrogen-bond donors (Lipinski definition) is 3. The van der Waals surface area contributed by atoms with E-state index in [1.54, 1.807) is 11.3 Å². The first-order valence-electron chi connectivity index (χ1n) is 8.96. The van der Waals surface area contributed by atoms with Gasteiger partial charge in [0.05, 0.1) is 4.88 Å². The summed E-state index contributed by atoms with van der Waals surface area (Å²) in [6.07, 6.45) is 7.45. The van der Waals surface area contributed by atoms with E-state index in [1.165, 1.54) is 32.1 Å². The molecule has 1 heterocycles. The number of benzene rings is 1. The lowest BCUT2D eigenvalue weighted by Crippen LogP contribution is -2.27. The quantitative estimate of drug-likeness (QED) is 0.669. The average Bonchev–Trinajstić information content (AvgIpc) is 2.96. The zero-order chi connectivity index (χ0) is 16.8. The van der Waals surface area contributed by atoms with Crippen LogP contribution in [0.1, 0.15) is 43.9 Å². The maximum absolute atomic E-state index is 10.1. The van der Waals surface area contributed by atoms with Crippen molar-refractivity contribution in [3.63, 3.8) is 0 Å². The maximum Gasteiger partial charge on any atom is 0.227 e. The first-order chi connectivity index (χ1) is 11.7. The summed E-state index contributed by atoms with van der Waals surface area (Å²) in [6, 6.07) is 10.6. The summed E-state index contributed by atoms with van der Waals surface area (Å²) in [6.45, 7) is 3.03. The van der Waals surface area contributed by atoms with Crippen molar-refractivity contribution in [1.82, 2.24) is 4.98 Å². The van der Waals surface area contributed by atoms with Gasteiger partial charge in [0.15, 0.2) is 5.13 Å². The smallest absolute Gasteiger partial charge is 0.227 e. The minimum atomic E-state index is 0.174. The molecule has 0 bridgehead atoms. The van der Waals surface area contributed by atoms with Crippen LogP contribution >= 0.6 is 11.3 Å². The van der Waals surface area contributed by atoms with Crippen LogP contribution in [0.5, 0.6) is 5.88 Å². The summed E-state index contributed by atoms with van der Waals surface area (Å²) in [5.74, 6) is 0.904. The van der Waals surface area contributed by atoms with Gasteiger partial charge in [-0.1, -0.05) is 48.8 Å². The number of thiazole rings is 1. The van der Waals surface area contributed by atoms with E-state index in [2.05, 4.69) is 22.5 Å². The SMILES string of the molecule is C[C@H](Nc1nc(O)c(CCNc2ccccc2)s1)C1CCCCC1. The largest absolute Gasteiger partial charge is 0.492 e. The highest BCUT2D eigenvalue weighted by Gasteiger charge is 2.21. The first kappa shape index (κ1) is 17.1. The molecule has 0 radical (unpaired) electrons. The third-order valence-electron chi connectivity index (χ3n) is 4.84. The summed E-state index contributed by atoms with van der Waals surface area (Å²) in [4.78, 5) is 5.25. The van der Waals surface area contributed by atoms with Crippen LogP contribution in [0.2, 0.25) is 0 Å². The molecule has 1 atom stereocenters. The molecule has 0 unspecified atom stereocenters. The molecule has 1 saturated carbocycles. The van der Waals surface area contributed by atoms with E-state index in [0.717, 1.165) is 34.6 Å². The van der Waals surface area contributed by atoms with Gasteiger partial charge in [-0.05, 0) is 37.8 Å². The van der Waals surface area contributed by atoms with Crippen LogP contribution in [0.15, 0.2) is 30.3 Å². The minimum Gasteiger partial charge on any atom is -0.492 e. The summed E-state index contributed by atoms with van der Waals surface area (Å²) < 4.78 is 0. The molecule has 0 amide bonds. The lowest BCUT2D eigenvalue weighted by atomic mass is 9.85. The van der Waals surface area contributed by atoms with Crippen molar-refractivity contribution in [3.05, 3.63) is 35.2 Å². The average molecular weight is 346 g/mol. The molecule has 1 aromatic carbocycles. The normalized spacial score (nSPS) is 16.7. The van der Waals surface area contributed by atoms with Gasteiger partial charge < -0.3 is 15.7 Å². The van der Waals surface area contributed by atoms with E-state index >= 15 is 0 Å². The van der Waals surface area contributed by atoms with Gasteiger partial charge in [-0.3, -0.25) is 0 Å². The van der Waals surface area contributed by atoms with Gasteiger partial charge in [0.2, 0.25) is 5.88 Å². The molecule has 5 heteroatoms. The Balaban J connectivity index is 1.50. The van der Waals surface area contributed by atoms with Crippen LogP contribution in [-0.2, 0) is 6.42 Å². The lowest BCUT2D eigenvalue weighted by molar-refractivity contribution is 0.328. The van der Waals surface area contributed by atoms with Crippen LogP contribution in [0, 0.1) is 5.92 Å². The summed E-state index contributed by atoms with van der Waals surface area (Å²) >= 11 is 1.57. The van der Waals surface area contributed by atoms with Crippen molar-refractivity contribution in [1.29, 1.82) is 0 Å². The Kier molecular flexibility index (Phi) is 5.96. The van der Waals surface area contributed by atoms with Crippen molar-refractivity contribution in [2.24, 2.45) is 5.92 Å². The monoisotopic (exact) mass is 345 g/mol. The fourth-order valence-corrected chi connectivity index (χ4v) is 4.34. The van der Waals surface area contributed by atoms with E-state index in [4.69, 9.17) is 0 Å². The molecular formula is C19H27N3OS. The number of para-hydroxylation sites is 1. The second kappa shape index (κ2) is 8.38. The Hall–Kier alpha value is -1.75. The number of aromatic nitrogens is 1. The third kappa shape index (κ3) is 4.63. The van der Waals surface area contributed by atoms with Crippen molar-refractivity contribution < 1.29 is 5.11 Å². The molecule has 130 valence electrons. The highest BCUT2D eigenvalue weighted by molar-refractivity contribution is 7.15. The fourth-order valence-electron chi connectivity index (χ4n) is 3.39. The number of anilines is 2. The van der Waals surface area contributed by atoms with Crippen LogP contribution in [-0.4, -0.2) is 22.7 Å². The molecule has 24 heavy (non-hydrogen) atoms. The van der Waals surface area contributed by atoms with E-state index in [0.29, 0.717) is 6.04 Å². The van der Waals surface area contributed by atoms with Crippen molar-refractivity contribution in [3.8, 4) is 5.88 Å². The number of nitrogens with one attached hydrogen (secondary N) is 2. The summed E-state index contributed by atoms with van der Waals surface area (Å²) in [5.41, 5.74) is 1.10. The molecule has 1 aromatic heterocycles. The first-order valence-corrected chi connectivity index (χ1v) is 9.78. The molecule has 1 aliphatic rings. The molecular weight excluding hydrogens is 318 g/mol. The second-order valence-corrected chi connectivity index (χ2v) is 7.72. The highest BCUT2D eigenvalue weighted by atomic mass is 32.1. The molecule has 0 saturated heterocycles. The summed E-state index contributed by atoms with van der Waals surface area (Å²) in [7, 11) is 0. The molecule has 0 spiro atoms. The molecule has 2 aromatic rings. The Morgan fingerprint density at radius 1 is 1.21 bits per heavy atom. The van der Waals surface area contributed by atoms with Gasteiger partial charge in [-0.25, -0.2) is 0 Å². The molecule has 1 fully saturated rings. The summed E-state index contributed by atoms with van der Waals surface area (Å²) in [5, 5.41) is 17.8. The Morgan fingerprint density at radius 2 is 1.96 bits per heavy atom. The third-order valence-corrected chi connectivity index (χ3v) is 5.88. The van der Waals surface area contributed by atoms with Crippen LogP contribution in [0.4, 0.5) is 10.8 Å². The predicted octanol–water partition coefficient (Wildman–Crippen LogP) is 4.88. The van der Waals surface area contributed by atoms with Gasteiger partial charge >= 0.3 is 0 Å². The Labute approximate surface area is 148 Å². The van der Waals surface area contributed by atoms with Gasteiger partial charge in [0.25, 0.3) is 0 Å². The number of rotatable bonds is 7. The van der Waals surface area contributed by atoms with E-state index in [1.807, 2.05) is 30.3 Å². The van der Waals surface area contributed by atoms with E-state index in [-0.39, 0.29) is 5.88 Å². The highest BCUT2D eigenvalue weighted by Crippen LogP contribution is 2.32. The second-order valence-electron chi connectivity index (χ2n) is 6.64. The van der Waals surface area contributed by atoms with Gasteiger partial charge in [0, 0.05) is 24.7 Å². The molecule has 1 aliphatic carbocycles. The van der Waals surface area contributed by atoms with Crippen LogP contribution in [0.3, 0.4) is 0 Å². The fraction of sp³-hybridized carbons (Fsp3) is 0.526. The predicted molar refractivity (Wildman–Crippen MR) is 102 cm³/mol. The Morgan fingerprint density at radius 3 is 2.71 bits per heavy atom. The molecule has 3 rings (SSSR count). The molecule has 3 N–H and O–H groups in total. The van der Waals surface area contributed by atoms with Crippen molar-refractivity contribution in [2.75, 3.05) is 17.2 Å². The van der Waals surface area contributed by atoms with E-state index < -0.39 is 0 Å². The topological polar surface area (TPSA) is 57.2 Å². The van der Waals surface area contributed by atoms with Gasteiger partial charge in [-0.15, -0.1) is 0 Å². The zero-order valence-corrected chi connectivity index (χ0v) is 15.1. The van der Waals surface area contributed by atoms with Crippen molar-refractivity contribution >= 4 is 22.2 Å². The molecule has 0 aliphatic heterocycles. The number of hydrogen-bond acceptors (Lipinski definition) is 5. The van der Waals surface area contributed by atoms with Crippen molar-refractivity contribution in [2.45, 2.75) is 51.5 Å². The Bertz CT molecular complexity index is 623. The van der Waals surface area contributed by atoms with Crippen LogP contribution < -0.4 is 10.6 Å². The number of aromatic hydroxyl groups is 1. The zero-order valence-electron chi connectivity index (χ0n) is 14.3. The van der Waals surface area contributed by atoms with Crippen LogP contribution in [0.25, 0.3) is 0 Å². The lowest BCUT2D eigenvalue weighted by Gasteiger charge is -2.28. The van der Waals surface area contributed by atoms with Gasteiger partial charge in [-0.2, -0.15) is 4.98 Å². The minimum absolute atomic E-state index is 0.174. The number of nitrogens with zero attached hydrogens (tertiary/aromatic N) is 1. The van der Waals surface area contributed by atoms with Gasteiger partial charge in [0.1, 0.15) is 0 Å². The molecule has 4 nitrogen and oxygen atoms in total.